The minimum absolute atomic E-state index is 0.256. The molecule has 1 unspecified atom stereocenters. The monoisotopic (exact) mass is 368 g/mol. The van der Waals surface area contributed by atoms with E-state index in [1.54, 1.807) is 24.8 Å². The molecule has 2 rings (SSSR count). The van der Waals surface area contributed by atoms with Gasteiger partial charge in [0.25, 0.3) is 0 Å². The van der Waals surface area contributed by atoms with Crippen LogP contribution in [0, 0.1) is 6.92 Å². The van der Waals surface area contributed by atoms with Gasteiger partial charge in [-0.25, -0.2) is 0 Å². The number of aryl methyl sites for hydroxylation is 1. The molecule has 0 heterocycles. The molecule has 0 radical (unpaired) electrons. The van der Waals surface area contributed by atoms with Gasteiger partial charge in [-0.2, -0.15) is 13.2 Å². The van der Waals surface area contributed by atoms with Crippen molar-refractivity contribution in [2.75, 3.05) is 5.75 Å². The maximum atomic E-state index is 13.1. The molecule has 2 aromatic carbocycles. The molecule has 0 spiro atoms. The molecule has 0 N–H and O–H groups in total. The van der Waals surface area contributed by atoms with Gasteiger partial charge in [-0.15, -0.1) is 11.8 Å². The van der Waals surface area contributed by atoms with Crippen LogP contribution in [0.25, 0.3) is 11.1 Å². The number of carbonyl (C=O) groups excluding carboxylic acids is 1. The lowest BCUT2D eigenvalue weighted by Crippen LogP contribution is -2.14. The van der Waals surface area contributed by atoms with Crippen LogP contribution in [0.15, 0.2) is 41.3 Å². The van der Waals surface area contributed by atoms with Crippen molar-refractivity contribution in [1.29, 1.82) is 0 Å². The predicted molar refractivity (Wildman–Crippen MR) is 94.2 cm³/mol. The van der Waals surface area contributed by atoms with Crippen molar-refractivity contribution in [2.45, 2.75) is 37.9 Å². The van der Waals surface area contributed by atoms with Gasteiger partial charge in [-0.05, 0) is 61.1 Å². The van der Waals surface area contributed by atoms with Crippen LogP contribution in [0.2, 0.25) is 0 Å². The molecule has 2 nitrogen and oxygen atoms in total. The van der Waals surface area contributed by atoms with Crippen molar-refractivity contribution in [3.63, 3.8) is 0 Å². The van der Waals surface area contributed by atoms with Crippen molar-refractivity contribution >= 4 is 18.0 Å². The highest BCUT2D eigenvalue weighted by Gasteiger charge is 2.31. The van der Waals surface area contributed by atoms with Gasteiger partial charge in [0.2, 0.25) is 0 Å². The van der Waals surface area contributed by atoms with Crippen LogP contribution in [0.5, 0.6) is 5.75 Å². The molecule has 134 valence electrons. The minimum atomic E-state index is -4.45. The van der Waals surface area contributed by atoms with Gasteiger partial charge in [0.15, 0.2) is 12.4 Å². The van der Waals surface area contributed by atoms with E-state index in [1.165, 1.54) is 6.07 Å². The number of thioether (sulfide) groups is 1. The Kier molecular flexibility index (Phi) is 6.16. The maximum absolute atomic E-state index is 13.1. The van der Waals surface area contributed by atoms with E-state index in [4.69, 9.17) is 4.74 Å². The van der Waals surface area contributed by atoms with E-state index in [0.29, 0.717) is 17.4 Å². The van der Waals surface area contributed by atoms with Gasteiger partial charge < -0.3 is 4.74 Å². The molecule has 0 amide bonds. The van der Waals surface area contributed by atoms with Crippen molar-refractivity contribution in [2.24, 2.45) is 0 Å². The van der Waals surface area contributed by atoms with Gasteiger partial charge in [-0.1, -0.05) is 13.0 Å². The van der Waals surface area contributed by atoms with Gasteiger partial charge >= 0.3 is 6.18 Å². The fourth-order valence-electron chi connectivity index (χ4n) is 2.44. The SMILES string of the molecule is CCSc1ccc(-c2cc(C(F)(F)F)ccc2OC(C)C=O)c(C)c1. The fourth-order valence-corrected chi connectivity index (χ4v) is 3.20. The molecular weight excluding hydrogens is 349 g/mol. The molecule has 0 aliphatic rings. The Morgan fingerprint density at radius 3 is 2.44 bits per heavy atom. The molecule has 0 saturated carbocycles. The third-order valence-electron chi connectivity index (χ3n) is 3.61. The van der Waals surface area contributed by atoms with Crippen molar-refractivity contribution in [3.8, 4) is 16.9 Å². The van der Waals surface area contributed by atoms with Crippen LogP contribution < -0.4 is 4.74 Å². The van der Waals surface area contributed by atoms with Crippen molar-refractivity contribution in [3.05, 3.63) is 47.5 Å². The van der Waals surface area contributed by atoms with Crippen LogP contribution in [0.3, 0.4) is 0 Å². The summed E-state index contributed by atoms with van der Waals surface area (Å²) in [5.74, 6) is 1.17. The molecule has 0 bridgehead atoms. The molecule has 0 aliphatic carbocycles. The summed E-state index contributed by atoms with van der Waals surface area (Å²) in [5.41, 5.74) is 1.08. The number of alkyl halides is 3. The lowest BCUT2D eigenvalue weighted by molar-refractivity contribution is -0.137. The molecule has 0 saturated heterocycles. The molecule has 0 fully saturated rings. The number of benzene rings is 2. The molecule has 2 aromatic rings. The van der Waals surface area contributed by atoms with Gasteiger partial charge in [0.05, 0.1) is 5.56 Å². The zero-order valence-electron chi connectivity index (χ0n) is 14.2. The average molecular weight is 368 g/mol. The van der Waals surface area contributed by atoms with Crippen LogP contribution in [0.1, 0.15) is 25.0 Å². The van der Waals surface area contributed by atoms with E-state index in [9.17, 15) is 18.0 Å². The average Bonchev–Trinajstić information content (AvgIpc) is 2.55. The summed E-state index contributed by atoms with van der Waals surface area (Å²) in [6, 6.07) is 8.92. The first-order valence-corrected chi connectivity index (χ1v) is 8.81. The van der Waals surface area contributed by atoms with E-state index in [0.717, 1.165) is 28.3 Å². The summed E-state index contributed by atoms with van der Waals surface area (Å²) in [6.07, 6.45) is -4.59. The summed E-state index contributed by atoms with van der Waals surface area (Å²) < 4.78 is 44.8. The number of halogens is 3. The standard InChI is InChI=1S/C19H19F3O2S/c1-4-25-15-6-7-16(12(2)9-15)17-10-14(19(20,21)22)5-8-18(17)24-13(3)11-23/h5-11,13H,4H2,1-3H3. The number of rotatable bonds is 6. The van der Waals surface area contributed by atoms with E-state index in [1.807, 2.05) is 26.0 Å². The van der Waals surface area contributed by atoms with Crippen LogP contribution in [-0.4, -0.2) is 18.1 Å². The molecule has 6 heteroatoms. The Morgan fingerprint density at radius 1 is 1.16 bits per heavy atom. The first kappa shape index (κ1) is 19.4. The predicted octanol–water partition coefficient (Wildman–Crippen LogP) is 5.76. The zero-order chi connectivity index (χ0) is 18.6. The Labute approximate surface area is 149 Å². The van der Waals surface area contributed by atoms with Crippen LogP contribution >= 0.6 is 11.8 Å². The van der Waals surface area contributed by atoms with E-state index < -0.39 is 17.8 Å². The Bertz CT molecular complexity index is 757. The summed E-state index contributed by atoms with van der Waals surface area (Å²) >= 11 is 1.66. The highest BCUT2D eigenvalue weighted by Crippen LogP contribution is 2.39. The third-order valence-corrected chi connectivity index (χ3v) is 4.49. The molecule has 0 aliphatic heterocycles. The lowest BCUT2D eigenvalue weighted by atomic mass is 9.97. The topological polar surface area (TPSA) is 26.3 Å². The molecule has 0 aromatic heterocycles. The summed E-state index contributed by atoms with van der Waals surface area (Å²) in [6.45, 7) is 5.43. The second-order valence-corrected chi connectivity index (χ2v) is 6.91. The summed E-state index contributed by atoms with van der Waals surface area (Å²) in [4.78, 5) is 11.9. The molecule has 25 heavy (non-hydrogen) atoms. The van der Waals surface area contributed by atoms with Crippen LogP contribution in [0.4, 0.5) is 13.2 Å². The number of carbonyl (C=O) groups is 1. The maximum Gasteiger partial charge on any atom is 0.416 e. The Hall–Kier alpha value is -1.95. The summed E-state index contributed by atoms with van der Waals surface area (Å²) in [5, 5.41) is 0. The smallest absolute Gasteiger partial charge is 0.416 e. The van der Waals surface area contributed by atoms with E-state index >= 15 is 0 Å². The second kappa shape index (κ2) is 7.95. The largest absolute Gasteiger partial charge is 0.483 e. The van der Waals surface area contributed by atoms with Crippen molar-refractivity contribution in [1.82, 2.24) is 0 Å². The first-order chi connectivity index (χ1) is 11.8. The van der Waals surface area contributed by atoms with Gasteiger partial charge in [0.1, 0.15) is 5.75 Å². The van der Waals surface area contributed by atoms with Crippen LogP contribution in [-0.2, 0) is 11.0 Å². The number of aldehydes is 1. The number of ether oxygens (including phenoxy) is 1. The fraction of sp³-hybridized carbons (Fsp3) is 0.316. The highest BCUT2D eigenvalue weighted by molar-refractivity contribution is 7.99. The van der Waals surface area contributed by atoms with Crippen molar-refractivity contribution < 1.29 is 22.7 Å². The van der Waals surface area contributed by atoms with Gasteiger partial charge in [-0.3, -0.25) is 4.79 Å². The zero-order valence-corrected chi connectivity index (χ0v) is 15.0. The second-order valence-electron chi connectivity index (χ2n) is 5.58. The van der Waals surface area contributed by atoms with E-state index in [-0.39, 0.29) is 5.75 Å². The Morgan fingerprint density at radius 2 is 1.88 bits per heavy atom. The number of hydrogen-bond acceptors (Lipinski definition) is 3. The van der Waals surface area contributed by atoms with Gasteiger partial charge in [0, 0.05) is 10.5 Å². The minimum Gasteiger partial charge on any atom is -0.483 e. The normalized spacial score (nSPS) is 12.7. The first-order valence-electron chi connectivity index (χ1n) is 7.83. The van der Waals surface area contributed by atoms with E-state index in [2.05, 4.69) is 0 Å². The number of hydrogen-bond donors (Lipinski definition) is 0. The molecule has 1 atom stereocenters. The molecular formula is C19H19F3O2S. The lowest BCUT2D eigenvalue weighted by Gasteiger charge is -2.18. The third kappa shape index (κ3) is 4.78. The summed E-state index contributed by atoms with van der Waals surface area (Å²) in [7, 11) is 0. The highest BCUT2D eigenvalue weighted by atomic mass is 32.2. The Balaban J connectivity index is 2.57. The quantitative estimate of drug-likeness (QED) is 0.479.